The van der Waals surface area contributed by atoms with Gasteiger partial charge in [-0.3, -0.25) is 4.79 Å². The largest absolute Gasteiger partial charge is 0.494 e. The van der Waals surface area contributed by atoms with E-state index in [1.807, 2.05) is 24.3 Å². The molecule has 0 bridgehead atoms. The fourth-order valence-electron chi connectivity index (χ4n) is 4.26. The number of carbonyl (C=O) groups is 1. The Kier molecular flexibility index (Phi) is 7.61. The molecule has 0 aliphatic heterocycles. The first-order valence-corrected chi connectivity index (χ1v) is 10.8. The molecule has 1 aliphatic carbocycles. The SMILES string of the molecule is CCCOc1cccc(C2(CNC(=O)Cc3ccc(OC)c(OC)c3)CCCC2)c1. The third kappa shape index (κ3) is 5.26. The van der Waals surface area contributed by atoms with Crippen molar-refractivity contribution in [3.8, 4) is 17.2 Å². The van der Waals surface area contributed by atoms with Crippen LogP contribution in [0.25, 0.3) is 0 Å². The van der Waals surface area contributed by atoms with Crippen LogP contribution in [0.2, 0.25) is 0 Å². The first kappa shape index (κ1) is 22.0. The Morgan fingerprint density at radius 3 is 2.50 bits per heavy atom. The molecule has 1 N–H and O–H groups in total. The molecule has 30 heavy (non-hydrogen) atoms. The van der Waals surface area contributed by atoms with Crippen molar-refractivity contribution in [2.45, 2.75) is 50.9 Å². The molecule has 0 spiro atoms. The highest BCUT2D eigenvalue weighted by atomic mass is 16.5. The molecule has 0 unspecified atom stereocenters. The van der Waals surface area contributed by atoms with Crippen LogP contribution in [0.4, 0.5) is 0 Å². The first-order valence-electron chi connectivity index (χ1n) is 10.8. The Morgan fingerprint density at radius 2 is 1.80 bits per heavy atom. The topological polar surface area (TPSA) is 56.8 Å². The minimum Gasteiger partial charge on any atom is -0.494 e. The van der Waals surface area contributed by atoms with Crippen molar-refractivity contribution in [3.63, 3.8) is 0 Å². The summed E-state index contributed by atoms with van der Waals surface area (Å²) in [5.41, 5.74) is 2.15. The summed E-state index contributed by atoms with van der Waals surface area (Å²) in [7, 11) is 3.21. The summed E-state index contributed by atoms with van der Waals surface area (Å²) in [6.45, 7) is 3.48. The van der Waals surface area contributed by atoms with Crippen molar-refractivity contribution >= 4 is 5.91 Å². The molecule has 0 saturated heterocycles. The van der Waals surface area contributed by atoms with Gasteiger partial charge >= 0.3 is 0 Å². The van der Waals surface area contributed by atoms with Crippen LogP contribution >= 0.6 is 0 Å². The summed E-state index contributed by atoms with van der Waals surface area (Å²) in [5.74, 6) is 2.24. The maximum atomic E-state index is 12.7. The normalized spacial score (nSPS) is 14.9. The van der Waals surface area contributed by atoms with E-state index in [9.17, 15) is 4.79 Å². The second-order valence-electron chi connectivity index (χ2n) is 8.01. The summed E-state index contributed by atoms with van der Waals surface area (Å²) in [6, 6.07) is 14.0. The summed E-state index contributed by atoms with van der Waals surface area (Å²) >= 11 is 0. The molecule has 5 nitrogen and oxygen atoms in total. The molecule has 2 aromatic carbocycles. The maximum Gasteiger partial charge on any atom is 0.224 e. The molecular formula is C25H33NO4. The molecule has 0 aromatic heterocycles. The zero-order valence-electron chi connectivity index (χ0n) is 18.3. The number of carbonyl (C=O) groups excluding carboxylic acids is 1. The van der Waals surface area contributed by atoms with Crippen LogP contribution in [0, 0.1) is 0 Å². The van der Waals surface area contributed by atoms with Crippen LogP contribution in [0.15, 0.2) is 42.5 Å². The third-order valence-electron chi connectivity index (χ3n) is 5.92. The molecule has 0 radical (unpaired) electrons. The Bertz CT molecular complexity index is 843. The quantitative estimate of drug-likeness (QED) is 0.618. The van der Waals surface area contributed by atoms with Crippen molar-refractivity contribution in [3.05, 3.63) is 53.6 Å². The van der Waals surface area contributed by atoms with E-state index in [1.165, 1.54) is 18.4 Å². The van der Waals surface area contributed by atoms with Gasteiger partial charge in [0.2, 0.25) is 5.91 Å². The number of ether oxygens (including phenoxy) is 3. The minimum absolute atomic E-state index is 0.0150. The van der Waals surface area contributed by atoms with Gasteiger partial charge in [-0.25, -0.2) is 0 Å². The summed E-state index contributed by atoms with van der Waals surface area (Å²) in [4.78, 5) is 12.7. The smallest absolute Gasteiger partial charge is 0.224 e. The van der Waals surface area contributed by atoms with Gasteiger partial charge < -0.3 is 19.5 Å². The molecule has 0 atom stereocenters. The van der Waals surface area contributed by atoms with Gasteiger partial charge in [0.25, 0.3) is 0 Å². The number of nitrogens with one attached hydrogen (secondary N) is 1. The van der Waals surface area contributed by atoms with Crippen molar-refractivity contribution in [2.24, 2.45) is 0 Å². The number of benzene rings is 2. The lowest BCUT2D eigenvalue weighted by Crippen LogP contribution is -2.39. The highest BCUT2D eigenvalue weighted by Gasteiger charge is 2.36. The number of rotatable bonds is 10. The number of amides is 1. The third-order valence-corrected chi connectivity index (χ3v) is 5.92. The lowest BCUT2D eigenvalue weighted by molar-refractivity contribution is -0.120. The molecular weight excluding hydrogens is 378 g/mol. The molecule has 1 fully saturated rings. The van der Waals surface area contributed by atoms with Gasteiger partial charge in [0.15, 0.2) is 11.5 Å². The number of hydrogen-bond acceptors (Lipinski definition) is 4. The van der Waals surface area contributed by atoms with E-state index in [1.54, 1.807) is 14.2 Å². The molecule has 162 valence electrons. The van der Waals surface area contributed by atoms with E-state index in [-0.39, 0.29) is 11.3 Å². The molecule has 0 heterocycles. The van der Waals surface area contributed by atoms with Crippen LogP contribution in [-0.2, 0) is 16.6 Å². The van der Waals surface area contributed by atoms with Gasteiger partial charge in [-0.2, -0.15) is 0 Å². The molecule has 2 aromatic rings. The second kappa shape index (κ2) is 10.4. The Morgan fingerprint density at radius 1 is 1.03 bits per heavy atom. The van der Waals surface area contributed by atoms with Gasteiger partial charge in [-0.05, 0) is 54.7 Å². The van der Waals surface area contributed by atoms with Crippen LogP contribution in [0.3, 0.4) is 0 Å². The average molecular weight is 412 g/mol. The van der Waals surface area contributed by atoms with Gasteiger partial charge in [-0.15, -0.1) is 0 Å². The minimum atomic E-state index is -0.0150. The van der Waals surface area contributed by atoms with Crippen molar-refractivity contribution in [2.75, 3.05) is 27.4 Å². The van der Waals surface area contributed by atoms with Crippen LogP contribution < -0.4 is 19.5 Å². The lowest BCUT2D eigenvalue weighted by Gasteiger charge is -2.30. The fourth-order valence-corrected chi connectivity index (χ4v) is 4.26. The van der Waals surface area contributed by atoms with E-state index in [0.717, 1.165) is 37.2 Å². The molecule has 5 heteroatoms. The van der Waals surface area contributed by atoms with Crippen LogP contribution in [0.1, 0.15) is 50.2 Å². The van der Waals surface area contributed by atoms with Gasteiger partial charge in [-0.1, -0.05) is 38.0 Å². The maximum absolute atomic E-state index is 12.7. The van der Waals surface area contributed by atoms with E-state index >= 15 is 0 Å². The first-order chi connectivity index (χ1) is 14.6. The lowest BCUT2D eigenvalue weighted by atomic mass is 9.78. The molecule has 1 aliphatic rings. The summed E-state index contributed by atoms with van der Waals surface area (Å²) in [5, 5.41) is 3.19. The van der Waals surface area contributed by atoms with E-state index in [2.05, 4.69) is 30.4 Å². The highest BCUT2D eigenvalue weighted by molar-refractivity contribution is 5.79. The Labute approximate surface area is 179 Å². The van der Waals surface area contributed by atoms with Gasteiger partial charge in [0, 0.05) is 12.0 Å². The second-order valence-corrected chi connectivity index (χ2v) is 8.01. The van der Waals surface area contributed by atoms with E-state index in [0.29, 0.717) is 24.5 Å². The number of hydrogen-bond donors (Lipinski definition) is 1. The van der Waals surface area contributed by atoms with Gasteiger partial charge in [0.05, 0.1) is 27.2 Å². The zero-order chi connectivity index (χ0) is 21.4. The van der Waals surface area contributed by atoms with E-state index in [4.69, 9.17) is 14.2 Å². The van der Waals surface area contributed by atoms with Gasteiger partial charge in [0.1, 0.15) is 5.75 Å². The Balaban J connectivity index is 1.67. The molecule has 3 rings (SSSR count). The summed E-state index contributed by atoms with van der Waals surface area (Å²) in [6.07, 6.45) is 5.84. The standard InChI is InChI=1S/C25H33NO4/c1-4-14-30-21-9-7-8-20(17-21)25(12-5-6-13-25)18-26-24(27)16-19-10-11-22(28-2)23(15-19)29-3/h7-11,15,17H,4-6,12-14,16,18H2,1-3H3,(H,26,27). The highest BCUT2D eigenvalue weighted by Crippen LogP contribution is 2.41. The van der Waals surface area contributed by atoms with Crippen molar-refractivity contribution in [1.29, 1.82) is 0 Å². The fraction of sp³-hybridized carbons (Fsp3) is 0.480. The molecule has 1 saturated carbocycles. The Hall–Kier alpha value is -2.69. The van der Waals surface area contributed by atoms with Crippen molar-refractivity contribution < 1.29 is 19.0 Å². The predicted octanol–water partition coefficient (Wildman–Crippen LogP) is 4.66. The van der Waals surface area contributed by atoms with Crippen LogP contribution in [-0.4, -0.2) is 33.3 Å². The predicted molar refractivity (Wildman–Crippen MR) is 119 cm³/mol. The molecule has 1 amide bonds. The summed E-state index contributed by atoms with van der Waals surface area (Å²) < 4.78 is 16.5. The van der Waals surface area contributed by atoms with Crippen LogP contribution in [0.5, 0.6) is 17.2 Å². The monoisotopic (exact) mass is 411 g/mol. The van der Waals surface area contributed by atoms with Crippen molar-refractivity contribution in [1.82, 2.24) is 5.32 Å². The average Bonchev–Trinajstić information content (AvgIpc) is 3.26. The van der Waals surface area contributed by atoms with E-state index < -0.39 is 0 Å². The zero-order valence-corrected chi connectivity index (χ0v) is 18.3. The number of methoxy groups -OCH3 is 2.